The maximum atomic E-state index is 11.2. The zero-order chi connectivity index (χ0) is 14.4. The number of aromatic hydroxyl groups is 1. The van der Waals surface area contributed by atoms with Crippen LogP contribution in [0.4, 0.5) is 0 Å². The van der Waals surface area contributed by atoms with Crippen molar-refractivity contribution in [3.8, 4) is 11.5 Å². The molecule has 0 radical (unpaired) electrons. The van der Waals surface area contributed by atoms with E-state index in [9.17, 15) is 9.90 Å². The highest BCUT2D eigenvalue weighted by Gasteiger charge is 2.16. The summed E-state index contributed by atoms with van der Waals surface area (Å²) in [6.07, 6.45) is 7.28. The molecule has 0 atom stereocenters. The first-order chi connectivity index (χ1) is 9.69. The second-order valence-corrected chi connectivity index (χ2v) is 5.09. The number of phenolic OH excluding ortho intramolecular Hbond substituents is 1. The van der Waals surface area contributed by atoms with E-state index in [4.69, 9.17) is 4.74 Å². The van der Waals surface area contributed by atoms with Gasteiger partial charge in [-0.2, -0.15) is 0 Å². The molecule has 0 spiro atoms. The van der Waals surface area contributed by atoms with E-state index in [0.717, 1.165) is 24.2 Å². The second kappa shape index (κ2) is 6.98. The van der Waals surface area contributed by atoms with E-state index in [-0.39, 0.29) is 17.8 Å². The predicted molar refractivity (Wildman–Crippen MR) is 77.7 cm³/mol. The summed E-state index contributed by atoms with van der Waals surface area (Å²) in [5.74, 6) is 0.667. The van der Waals surface area contributed by atoms with Crippen LogP contribution >= 0.6 is 0 Å². The highest BCUT2D eigenvalue weighted by Crippen LogP contribution is 2.28. The molecule has 0 aromatic heterocycles. The summed E-state index contributed by atoms with van der Waals surface area (Å²) in [5.41, 5.74) is 0.783. The minimum Gasteiger partial charge on any atom is -0.508 e. The zero-order valence-electron chi connectivity index (χ0n) is 11.6. The third-order valence-corrected chi connectivity index (χ3v) is 3.53. The Bertz CT molecular complexity index is 479. The van der Waals surface area contributed by atoms with Crippen molar-refractivity contribution in [2.45, 2.75) is 44.8 Å². The third kappa shape index (κ3) is 4.02. The van der Waals surface area contributed by atoms with E-state index in [0.29, 0.717) is 6.54 Å². The van der Waals surface area contributed by atoms with Gasteiger partial charge in [-0.3, -0.25) is 4.79 Å². The monoisotopic (exact) mass is 275 g/mol. The van der Waals surface area contributed by atoms with Gasteiger partial charge < -0.3 is 15.2 Å². The van der Waals surface area contributed by atoms with Crippen molar-refractivity contribution in [2.75, 3.05) is 0 Å². The van der Waals surface area contributed by atoms with Crippen LogP contribution in [0.5, 0.6) is 11.5 Å². The van der Waals surface area contributed by atoms with Gasteiger partial charge in [-0.05, 0) is 50.0 Å². The number of carbonyl (C=O) groups is 1. The van der Waals surface area contributed by atoms with Gasteiger partial charge >= 0.3 is 0 Å². The molecule has 0 bridgehead atoms. The Labute approximate surface area is 119 Å². The molecule has 0 heterocycles. The van der Waals surface area contributed by atoms with Crippen molar-refractivity contribution in [3.63, 3.8) is 0 Å². The minimum atomic E-state index is -0.239. The van der Waals surface area contributed by atoms with Crippen molar-refractivity contribution in [2.24, 2.45) is 0 Å². The number of benzene rings is 1. The lowest BCUT2D eigenvalue weighted by Crippen LogP contribution is -2.23. The van der Waals surface area contributed by atoms with Crippen LogP contribution in [0.1, 0.15) is 37.7 Å². The molecule has 4 nitrogen and oxygen atoms in total. The number of rotatable bonds is 5. The topological polar surface area (TPSA) is 58.6 Å². The van der Waals surface area contributed by atoms with Gasteiger partial charge in [0, 0.05) is 12.1 Å². The first-order valence-corrected chi connectivity index (χ1v) is 7.08. The summed E-state index contributed by atoms with van der Waals surface area (Å²) in [6, 6.07) is 5.00. The van der Waals surface area contributed by atoms with Gasteiger partial charge in [0.2, 0.25) is 5.91 Å². The lowest BCUT2D eigenvalue weighted by atomic mass is 9.97. The SMILES string of the molecule is C=CC(=O)NCc1cc(O)ccc1OC1CCCCC1. The summed E-state index contributed by atoms with van der Waals surface area (Å²) in [7, 11) is 0. The van der Waals surface area contributed by atoms with E-state index < -0.39 is 0 Å². The molecule has 1 amide bonds. The summed E-state index contributed by atoms with van der Waals surface area (Å²) in [6.45, 7) is 3.73. The highest BCUT2D eigenvalue weighted by atomic mass is 16.5. The van der Waals surface area contributed by atoms with Crippen LogP contribution in [-0.2, 0) is 11.3 Å². The molecule has 4 heteroatoms. The fourth-order valence-electron chi connectivity index (χ4n) is 2.44. The van der Waals surface area contributed by atoms with Crippen LogP contribution in [0.15, 0.2) is 30.9 Å². The number of hydrogen-bond donors (Lipinski definition) is 2. The largest absolute Gasteiger partial charge is 0.508 e. The standard InChI is InChI=1S/C16H21NO3/c1-2-16(19)17-11-12-10-13(18)8-9-15(12)20-14-6-4-3-5-7-14/h2,8-10,14,18H,1,3-7,11H2,(H,17,19). The Morgan fingerprint density at radius 3 is 2.85 bits per heavy atom. The van der Waals surface area contributed by atoms with Crippen molar-refractivity contribution in [1.82, 2.24) is 5.32 Å². The molecule has 1 saturated carbocycles. The Morgan fingerprint density at radius 1 is 1.40 bits per heavy atom. The first-order valence-electron chi connectivity index (χ1n) is 7.08. The molecule has 1 aromatic carbocycles. The summed E-state index contributed by atoms with van der Waals surface area (Å²) < 4.78 is 6.02. The van der Waals surface area contributed by atoms with Crippen LogP contribution < -0.4 is 10.1 Å². The van der Waals surface area contributed by atoms with Crippen molar-refractivity contribution in [1.29, 1.82) is 0 Å². The molecule has 2 N–H and O–H groups in total. The smallest absolute Gasteiger partial charge is 0.243 e. The molecule has 1 aliphatic carbocycles. The zero-order valence-corrected chi connectivity index (χ0v) is 11.6. The van der Waals surface area contributed by atoms with Gasteiger partial charge in [-0.25, -0.2) is 0 Å². The van der Waals surface area contributed by atoms with Crippen LogP contribution in [0.25, 0.3) is 0 Å². The van der Waals surface area contributed by atoms with Crippen LogP contribution in [0, 0.1) is 0 Å². The van der Waals surface area contributed by atoms with Crippen molar-refractivity contribution < 1.29 is 14.6 Å². The highest BCUT2D eigenvalue weighted by molar-refractivity contribution is 5.86. The molecule has 1 fully saturated rings. The fourth-order valence-corrected chi connectivity index (χ4v) is 2.44. The number of amides is 1. The summed E-state index contributed by atoms with van der Waals surface area (Å²) in [4.78, 5) is 11.2. The first kappa shape index (κ1) is 14.4. The molecule has 2 rings (SSSR count). The van der Waals surface area contributed by atoms with Crippen LogP contribution in [-0.4, -0.2) is 17.1 Å². The Hall–Kier alpha value is -1.97. The summed E-state index contributed by atoms with van der Waals surface area (Å²) >= 11 is 0. The molecular weight excluding hydrogens is 254 g/mol. The minimum absolute atomic E-state index is 0.170. The third-order valence-electron chi connectivity index (χ3n) is 3.53. The number of ether oxygens (including phenoxy) is 1. The van der Waals surface area contributed by atoms with E-state index in [2.05, 4.69) is 11.9 Å². The van der Waals surface area contributed by atoms with Crippen molar-refractivity contribution >= 4 is 5.91 Å². The molecule has 108 valence electrons. The number of carbonyl (C=O) groups excluding carboxylic acids is 1. The Balaban J connectivity index is 2.06. The van der Waals surface area contributed by atoms with E-state index in [1.165, 1.54) is 25.3 Å². The van der Waals surface area contributed by atoms with Gasteiger partial charge in [0.15, 0.2) is 0 Å². The molecule has 1 aliphatic rings. The van der Waals surface area contributed by atoms with E-state index >= 15 is 0 Å². The Kier molecular flexibility index (Phi) is 5.04. The quantitative estimate of drug-likeness (QED) is 0.812. The van der Waals surface area contributed by atoms with E-state index in [1.807, 2.05) is 0 Å². The molecular formula is C16H21NO3. The predicted octanol–water partition coefficient (Wildman–Crippen LogP) is 2.91. The van der Waals surface area contributed by atoms with Gasteiger partial charge in [0.1, 0.15) is 11.5 Å². The normalized spacial score (nSPS) is 15.6. The number of nitrogens with one attached hydrogen (secondary N) is 1. The molecule has 20 heavy (non-hydrogen) atoms. The maximum absolute atomic E-state index is 11.2. The van der Waals surface area contributed by atoms with Gasteiger partial charge in [0.05, 0.1) is 6.10 Å². The summed E-state index contributed by atoms with van der Waals surface area (Å²) in [5, 5.41) is 12.3. The molecule has 0 unspecified atom stereocenters. The maximum Gasteiger partial charge on any atom is 0.243 e. The Morgan fingerprint density at radius 2 is 2.15 bits per heavy atom. The number of hydrogen-bond acceptors (Lipinski definition) is 3. The average Bonchev–Trinajstić information content (AvgIpc) is 2.48. The molecule has 0 aliphatic heterocycles. The van der Waals surface area contributed by atoms with Crippen molar-refractivity contribution in [3.05, 3.63) is 36.4 Å². The molecule has 1 aromatic rings. The average molecular weight is 275 g/mol. The fraction of sp³-hybridized carbons (Fsp3) is 0.438. The second-order valence-electron chi connectivity index (χ2n) is 5.09. The van der Waals surface area contributed by atoms with Gasteiger partial charge in [0.25, 0.3) is 0 Å². The van der Waals surface area contributed by atoms with Gasteiger partial charge in [-0.1, -0.05) is 13.0 Å². The van der Waals surface area contributed by atoms with Gasteiger partial charge in [-0.15, -0.1) is 0 Å². The van der Waals surface area contributed by atoms with Crippen LogP contribution in [0.3, 0.4) is 0 Å². The lowest BCUT2D eigenvalue weighted by molar-refractivity contribution is -0.116. The van der Waals surface area contributed by atoms with Crippen LogP contribution in [0.2, 0.25) is 0 Å². The molecule has 0 saturated heterocycles. The number of phenols is 1. The van der Waals surface area contributed by atoms with E-state index in [1.54, 1.807) is 18.2 Å². The lowest BCUT2D eigenvalue weighted by Gasteiger charge is -2.24.